The summed E-state index contributed by atoms with van der Waals surface area (Å²) in [6, 6.07) is 3.61. The van der Waals surface area contributed by atoms with E-state index in [1.165, 1.54) is 0 Å². The summed E-state index contributed by atoms with van der Waals surface area (Å²) in [6.07, 6.45) is 1.01. The fourth-order valence-electron chi connectivity index (χ4n) is 1.74. The van der Waals surface area contributed by atoms with E-state index in [1.807, 2.05) is 19.9 Å². The highest BCUT2D eigenvalue weighted by Gasteiger charge is 2.31. The maximum Gasteiger partial charge on any atom is 0.153 e. The van der Waals surface area contributed by atoms with Crippen LogP contribution in [-0.4, -0.2) is 29.1 Å². The second-order valence-electron chi connectivity index (χ2n) is 4.01. The number of halogens is 1. The molecule has 2 rings (SSSR count). The molecule has 5 heteroatoms. The number of rotatable bonds is 1. The summed E-state index contributed by atoms with van der Waals surface area (Å²) in [6.45, 7) is 5.79. The van der Waals surface area contributed by atoms with Gasteiger partial charge in [0.05, 0.1) is 6.61 Å². The third kappa shape index (κ3) is 2.21. The zero-order valence-electron chi connectivity index (χ0n) is 8.90. The molecule has 2 heterocycles. The molecule has 0 spiro atoms. The molecule has 0 amide bonds. The van der Waals surface area contributed by atoms with Crippen LogP contribution in [0.3, 0.4) is 0 Å². The third-order valence-corrected chi connectivity index (χ3v) is 2.73. The summed E-state index contributed by atoms with van der Waals surface area (Å²) >= 11 is 5.70. The normalized spacial score (nSPS) is 20.3. The number of hydrogen-bond donors (Lipinski definition) is 0. The van der Waals surface area contributed by atoms with Gasteiger partial charge in [-0.2, -0.15) is 0 Å². The quantitative estimate of drug-likeness (QED) is 0.737. The van der Waals surface area contributed by atoms with E-state index in [1.54, 1.807) is 6.07 Å². The van der Waals surface area contributed by atoms with E-state index in [9.17, 15) is 0 Å². The SMILES string of the molecule is CC1(C)OCCCN1c1ccc(Cl)nn1. The number of aromatic nitrogens is 2. The lowest BCUT2D eigenvalue weighted by molar-refractivity contribution is -0.0424. The predicted molar refractivity (Wildman–Crippen MR) is 59.0 cm³/mol. The van der Waals surface area contributed by atoms with Crippen LogP contribution in [0, 0.1) is 0 Å². The van der Waals surface area contributed by atoms with Crippen LogP contribution >= 0.6 is 11.6 Å². The lowest BCUT2D eigenvalue weighted by atomic mass is 10.2. The maximum absolute atomic E-state index is 5.70. The summed E-state index contributed by atoms with van der Waals surface area (Å²) in [5, 5.41) is 8.31. The Morgan fingerprint density at radius 3 is 2.80 bits per heavy atom. The Hall–Kier alpha value is -0.870. The second kappa shape index (κ2) is 3.94. The molecule has 4 nitrogen and oxygen atoms in total. The van der Waals surface area contributed by atoms with Crippen LogP contribution < -0.4 is 4.90 Å². The van der Waals surface area contributed by atoms with Crippen molar-refractivity contribution in [3.8, 4) is 0 Å². The lowest BCUT2D eigenvalue weighted by Gasteiger charge is -2.42. The molecule has 0 radical (unpaired) electrons. The van der Waals surface area contributed by atoms with Gasteiger partial charge in [0.1, 0.15) is 5.72 Å². The molecule has 1 aromatic heterocycles. The van der Waals surface area contributed by atoms with Gasteiger partial charge in [-0.3, -0.25) is 0 Å². The number of anilines is 1. The lowest BCUT2D eigenvalue weighted by Crippen LogP contribution is -2.51. The fraction of sp³-hybridized carbons (Fsp3) is 0.600. The van der Waals surface area contributed by atoms with Gasteiger partial charge in [-0.25, -0.2) is 0 Å². The molecule has 82 valence electrons. The monoisotopic (exact) mass is 227 g/mol. The molecule has 0 bridgehead atoms. The van der Waals surface area contributed by atoms with Crippen molar-refractivity contribution in [1.82, 2.24) is 10.2 Å². The van der Waals surface area contributed by atoms with Gasteiger partial charge in [0.15, 0.2) is 11.0 Å². The molecule has 1 saturated heterocycles. The summed E-state index contributed by atoms with van der Waals surface area (Å²) in [5.41, 5.74) is -0.319. The van der Waals surface area contributed by atoms with E-state index in [2.05, 4.69) is 15.1 Å². The Morgan fingerprint density at radius 1 is 1.40 bits per heavy atom. The van der Waals surface area contributed by atoms with Gasteiger partial charge in [-0.05, 0) is 32.4 Å². The van der Waals surface area contributed by atoms with Gasteiger partial charge in [0, 0.05) is 6.54 Å². The summed E-state index contributed by atoms with van der Waals surface area (Å²) in [4.78, 5) is 2.10. The van der Waals surface area contributed by atoms with Gasteiger partial charge in [0.2, 0.25) is 0 Å². The molecular weight excluding hydrogens is 214 g/mol. The molecule has 0 N–H and O–H groups in total. The van der Waals surface area contributed by atoms with Crippen molar-refractivity contribution >= 4 is 17.4 Å². The van der Waals surface area contributed by atoms with Gasteiger partial charge in [0.25, 0.3) is 0 Å². The largest absolute Gasteiger partial charge is 0.356 e. The molecule has 1 aromatic rings. The number of nitrogens with zero attached hydrogens (tertiary/aromatic N) is 3. The molecule has 0 atom stereocenters. The first-order valence-corrected chi connectivity index (χ1v) is 5.38. The van der Waals surface area contributed by atoms with Crippen LogP contribution in [0.15, 0.2) is 12.1 Å². The Bertz CT molecular complexity index is 339. The molecule has 0 unspecified atom stereocenters. The highest BCUT2D eigenvalue weighted by molar-refractivity contribution is 6.29. The molecule has 0 aliphatic carbocycles. The molecule has 1 aliphatic heterocycles. The molecule has 1 fully saturated rings. The highest BCUT2D eigenvalue weighted by Crippen LogP contribution is 2.26. The van der Waals surface area contributed by atoms with E-state index >= 15 is 0 Å². The predicted octanol–water partition coefficient (Wildman–Crippen LogP) is 2.09. The standard InChI is InChI=1S/C10H14ClN3O/c1-10(2)14(6-3-7-15-10)9-5-4-8(11)12-13-9/h4-5H,3,6-7H2,1-2H3. The molecule has 0 saturated carbocycles. The number of hydrogen-bond acceptors (Lipinski definition) is 4. The van der Waals surface area contributed by atoms with Crippen LogP contribution in [0.25, 0.3) is 0 Å². The average molecular weight is 228 g/mol. The van der Waals surface area contributed by atoms with Gasteiger partial charge in [-0.15, -0.1) is 10.2 Å². The molecule has 1 aliphatic rings. The Balaban J connectivity index is 2.25. The van der Waals surface area contributed by atoms with Crippen LogP contribution in [-0.2, 0) is 4.74 Å². The first kappa shape index (κ1) is 10.6. The van der Waals surface area contributed by atoms with Crippen LogP contribution in [0.1, 0.15) is 20.3 Å². The zero-order chi connectivity index (χ0) is 10.9. The zero-order valence-corrected chi connectivity index (χ0v) is 9.66. The molecule has 0 aromatic carbocycles. The molecule has 15 heavy (non-hydrogen) atoms. The van der Waals surface area contributed by atoms with Crippen molar-refractivity contribution in [3.05, 3.63) is 17.3 Å². The first-order chi connectivity index (χ1) is 7.09. The van der Waals surface area contributed by atoms with E-state index < -0.39 is 0 Å². The minimum atomic E-state index is -0.319. The van der Waals surface area contributed by atoms with E-state index in [-0.39, 0.29) is 5.72 Å². The van der Waals surface area contributed by atoms with Crippen molar-refractivity contribution < 1.29 is 4.74 Å². The summed E-state index contributed by atoms with van der Waals surface area (Å²) in [5.74, 6) is 0.809. The van der Waals surface area contributed by atoms with Crippen molar-refractivity contribution in [2.75, 3.05) is 18.1 Å². The van der Waals surface area contributed by atoms with Crippen LogP contribution in [0.2, 0.25) is 5.15 Å². The first-order valence-electron chi connectivity index (χ1n) is 5.00. The topological polar surface area (TPSA) is 38.2 Å². The second-order valence-corrected chi connectivity index (χ2v) is 4.40. The van der Waals surface area contributed by atoms with Gasteiger partial charge in [-0.1, -0.05) is 11.6 Å². The van der Waals surface area contributed by atoms with Crippen molar-refractivity contribution in [2.45, 2.75) is 26.0 Å². The van der Waals surface area contributed by atoms with Crippen LogP contribution in [0.4, 0.5) is 5.82 Å². The molecular formula is C10H14ClN3O. The maximum atomic E-state index is 5.70. The van der Waals surface area contributed by atoms with Gasteiger partial charge < -0.3 is 9.64 Å². The van der Waals surface area contributed by atoms with Crippen LogP contribution in [0.5, 0.6) is 0 Å². The van der Waals surface area contributed by atoms with E-state index in [0.717, 1.165) is 25.4 Å². The summed E-state index contributed by atoms with van der Waals surface area (Å²) < 4.78 is 5.69. The fourth-order valence-corrected chi connectivity index (χ4v) is 1.84. The Kier molecular flexibility index (Phi) is 2.80. The highest BCUT2D eigenvalue weighted by atomic mass is 35.5. The Labute approximate surface area is 94.2 Å². The van der Waals surface area contributed by atoms with E-state index in [0.29, 0.717) is 5.15 Å². The van der Waals surface area contributed by atoms with Crippen molar-refractivity contribution in [2.24, 2.45) is 0 Å². The third-order valence-electron chi connectivity index (χ3n) is 2.53. The minimum absolute atomic E-state index is 0.319. The summed E-state index contributed by atoms with van der Waals surface area (Å²) in [7, 11) is 0. The number of ether oxygens (including phenoxy) is 1. The Morgan fingerprint density at radius 2 is 2.20 bits per heavy atom. The smallest absolute Gasteiger partial charge is 0.153 e. The van der Waals surface area contributed by atoms with Crippen molar-refractivity contribution in [1.29, 1.82) is 0 Å². The van der Waals surface area contributed by atoms with E-state index in [4.69, 9.17) is 16.3 Å². The van der Waals surface area contributed by atoms with Gasteiger partial charge >= 0.3 is 0 Å². The van der Waals surface area contributed by atoms with Crippen molar-refractivity contribution in [3.63, 3.8) is 0 Å². The minimum Gasteiger partial charge on any atom is -0.356 e. The average Bonchev–Trinajstić information content (AvgIpc) is 2.19.